The minimum Gasteiger partial charge on any atom is -0.395 e. The van der Waals surface area contributed by atoms with Crippen LogP contribution in [-0.4, -0.2) is 21.5 Å². The Morgan fingerprint density at radius 3 is 2.94 bits per heavy atom. The molecule has 4 nitrogen and oxygen atoms in total. The second-order valence-corrected chi connectivity index (χ2v) is 3.80. The Bertz CT molecular complexity index is 539. The van der Waals surface area contributed by atoms with Crippen molar-refractivity contribution in [2.45, 2.75) is 6.42 Å². The fraction of sp³-hybridized carbons (Fsp3) is 0.333. The molecular formula is C12H13N3O. The molecule has 0 saturated heterocycles. The Kier molecular flexibility index (Phi) is 2.88. The van der Waals surface area contributed by atoms with Crippen LogP contribution in [0, 0.1) is 17.2 Å². The largest absolute Gasteiger partial charge is 0.395 e. The second-order valence-electron chi connectivity index (χ2n) is 3.80. The van der Waals surface area contributed by atoms with E-state index in [-0.39, 0.29) is 12.5 Å². The summed E-state index contributed by atoms with van der Waals surface area (Å²) in [5, 5.41) is 23.3. The monoisotopic (exact) mass is 215 g/mol. The highest BCUT2D eigenvalue weighted by Crippen LogP contribution is 2.19. The van der Waals surface area contributed by atoms with Crippen LogP contribution < -0.4 is 0 Å². The summed E-state index contributed by atoms with van der Waals surface area (Å²) < 4.78 is 1.80. The Morgan fingerprint density at radius 1 is 1.50 bits per heavy atom. The van der Waals surface area contributed by atoms with Gasteiger partial charge in [0, 0.05) is 18.9 Å². The number of para-hydroxylation sites is 1. The molecule has 1 N–H and O–H groups in total. The van der Waals surface area contributed by atoms with Crippen molar-refractivity contribution in [2.75, 3.05) is 6.61 Å². The first-order valence-electron chi connectivity index (χ1n) is 5.17. The van der Waals surface area contributed by atoms with E-state index in [2.05, 4.69) is 11.2 Å². The van der Waals surface area contributed by atoms with Gasteiger partial charge < -0.3 is 5.11 Å². The Balaban J connectivity index is 2.42. The van der Waals surface area contributed by atoms with Crippen molar-refractivity contribution in [1.82, 2.24) is 9.78 Å². The third kappa shape index (κ3) is 1.77. The van der Waals surface area contributed by atoms with Gasteiger partial charge in [-0.1, -0.05) is 18.2 Å². The van der Waals surface area contributed by atoms with Crippen molar-refractivity contribution in [3.05, 3.63) is 30.0 Å². The number of aliphatic hydroxyl groups excluding tert-OH is 1. The normalized spacial score (nSPS) is 12.6. The maximum atomic E-state index is 9.01. The van der Waals surface area contributed by atoms with E-state index in [0.717, 1.165) is 16.6 Å². The van der Waals surface area contributed by atoms with Gasteiger partial charge >= 0.3 is 0 Å². The van der Waals surface area contributed by atoms with Gasteiger partial charge in [0.1, 0.15) is 0 Å². The Hall–Kier alpha value is -1.86. The van der Waals surface area contributed by atoms with Crippen LogP contribution in [0.25, 0.3) is 10.9 Å². The minimum atomic E-state index is -0.377. The third-order valence-corrected chi connectivity index (χ3v) is 2.68. The van der Waals surface area contributed by atoms with Crippen molar-refractivity contribution in [3.8, 4) is 6.07 Å². The molecule has 0 aliphatic rings. The molecule has 2 aromatic rings. The zero-order chi connectivity index (χ0) is 11.5. The average Bonchev–Trinajstić information content (AvgIpc) is 2.64. The van der Waals surface area contributed by atoms with Crippen molar-refractivity contribution in [1.29, 1.82) is 5.26 Å². The standard InChI is InChI=1S/C12H13N3O/c1-15-12-5-3-2-4-10(12)11(14-15)6-9(7-13)8-16/h2-5,9,16H,6,8H2,1H3. The molecule has 1 unspecified atom stereocenters. The lowest BCUT2D eigenvalue weighted by molar-refractivity contribution is 0.255. The lowest BCUT2D eigenvalue weighted by Crippen LogP contribution is -2.07. The van der Waals surface area contributed by atoms with Gasteiger partial charge in [-0.05, 0) is 6.07 Å². The molecule has 0 aliphatic heterocycles. The first kappa shape index (κ1) is 10.7. The zero-order valence-electron chi connectivity index (χ0n) is 9.09. The molecule has 1 aromatic carbocycles. The highest BCUT2D eigenvalue weighted by molar-refractivity contribution is 5.81. The summed E-state index contributed by atoms with van der Waals surface area (Å²) in [6.07, 6.45) is 0.494. The van der Waals surface area contributed by atoms with E-state index in [1.54, 1.807) is 4.68 Å². The number of benzene rings is 1. The van der Waals surface area contributed by atoms with Crippen LogP contribution in [0.3, 0.4) is 0 Å². The summed E-state index contributed by atoms with van der Waals surface area (Å²) in [4.78, 5) is 0. The van der Waals surface area contributed by atoms with Gasteiger partial charge in [0.05, 0.1) is 29.8 Å². The number of nitrogens with zero attached hydrogens (tertiary/aromatic N) is 3. The van der Waals surface area contributed by atoms with Gasteiger partial charge in [-0.15, -0.1) is 0 Å². The molecule has 1 atom stereocenters. The number of hydrogen-bond donors (Lipinski definition) is 1. The first-order chi connectivity index (χ1) is 7.76. The van der Waals surface area contributed by atoms with Gasteiger partial charge in [0.2, 0.25) is 0 Å². The number of aromatic nitrogens is 2. The summed E-state index contributed by atoms with van der Waals surface area (Å²) in [6.45, 7) is -0.124. The molecule has 0 saturated carbocycles. The molecule has 1 heterocycles. The topological polar surface area (TPSA) is 61.8 Å². The molecule has 0 spiro atoms. The number of fused-ring (bicyclic) bond motifs is 1. The molecule has 0 aliphatic carbocycles. The Morgan fingerprint density at radius 2 is 2.25 bits per heavy atom. The van der Waals surface area contributed by atoms with Crippen LogP contribution in [-0.2, 0) is 13.5 Å². The molecule has 16 heavy (non-hydrogen) atoms. The highest BCUT2D eigenvalue weighted by Gasteiger charge is 2.13. The van der Waals surface area contributed by atoms with Gasteiger partial charge in [0.15, 0.2) is 0 Å². The van der Waals surface area contributed by atoms with E-state index in [9.17, 15) is 0 Å². The number of aryl methyl sites for hydroxylation is 1. The molecule has 0 fully saturated rings. The first-order valence-corrected chi connectivity index (χ1v) is 5.17. The number of nitriles is 1. The third-order valence-electron chi connectivity index (χ3n) is 2.68. The SMILES string of the molecule is Cn1nc(CC(C#N)CO)c2ccccc21. The molecule has 0 bridgehead atoms. The minimum absolute atomic E-state index is 0.124. The number of hydrogen-bond acceptors (Lipinski definition) is 3. The van der Waals surface area contributed by atoms with Crippen LogP contribution in [0.4, 0.5) is 0 Å². The molecule has 0 amide bonds. The smallest absolute Gasteiger partial charge is 0.0750 e. The van der Waals surface area contributed by atoms with E-state index in [1.807, 2.05) is 31.3 Å². The molecule has 82 valence electrons. The van der Waals surface area contributed by atoms with E-state index in [0.29, 0.717) is 6.42 Å². The molecule has 0 radical (unpaired) electrons. The zero-order valence-corrected chi connectivity index (χ0v) is 9.09. The summed E-state index contributed by atoms with van der Waals surface area (Å²) in [7, 11) is 1.88. The van der Waals surface area contributed by atoms with Crippen LogP contribution in [0.5, 0.6) is 0 Å². The summed E-state index contributed by atoms with van der Waals surface area (Å²) >= 11 is 0. The van der Waals surface area contributed by atoms with Crippen LogP contribution >= 0.6 is 0 Å². The number of rotatable bonds is 3. The van der Waals surface area contributed by atoms with E-state index < -0.39 is 0 Å². The molecule has 1 aromatic heterocycles. The van der Waals surface area contributed by atoms with Crippen LogP contribution in [0.2, 0.25) is 0 Å². The van der Waals surface area contributed by atoms with Gasteiger partial charge in [-0.25, -0.2) is 0 Å². The van der Waals surface area contributed by atoms with E-state index >= 15 is 0 Å². The molecular weight excluding hydrogens is 202 g/mol. The second kappa shape index (κ2) is 4.33. The average molecular weight is 215 g/mol. The summed E-state index contributed by atoms with van der Waals surface area (Å²) in [5.74, 6) is -0.377. The number of aliphatic hydroxyl groups is 1. The summed E-state index contributed by atoms with van der Waals surface area (Å²) in [5.41, 5.74) is 1.92. The molecule has 2 rings (SSSR count). The van der Waals surface area contributed by atoms with Crippen molar-refractivity contribution in [2.24, 2.45) is 13.0 Å². The fourth-order valence-electron chi connectivity index (χ4n) is 1.82. The lowest BCUT2D eigenvalue weighted by atomic mass is 10.0. The maximum Gasteiger partial charge on any atom is 0.0750 e. The van der Waals surface area contributed by atoms with Crippen molar-refractivity contribution in [3.63, 3.8) is 0 Å². The van der Waals surface area contributed by atoms with Crippen LogP contribution in [0.1, 0.15) is 5.69 Å². The van der Waals surface area contributed by atoms with Crippen molar-refractivity contribution >= 4 is 10.9 Å². The quantitative estimate of drug-likeness (QED) is 0.838. The van der Waals surface area contributed by atoms with Crippen LogP contribution in [0.15, 0.2) is 24.3 Å². The maximum absolute atomic E-state index is 9.01. The van der Waals surface area contributed by atoms with Gasteiger partial charge in [-0.3, -0.25) is 4.68 Å². The summed E-state index contributed by atoms with van der Waals surface area (Å²) in [6, 6.07) is 9.97. The van der Waals surface area contributed by atoms with Gasteiger partial charge in [-0.2, -0.15) is 10.4 Å². The van der Waals surface area contributed by atoms with Crippen molar-refractivity contribution < 1.29 is 5.11 Å². The van der Waals surface area contributed by atoms with E-state index in [1.165, 1.54) is 0 Å². The van der Waals surface area contributed by atoms with E-state index in [4.69, 9.17) is 10.4 Å². The fourth-order valence-corrected chi connectivity index (χ4v) is 1.82. The lowest BCUT2D eigenvalue weighted by Gasteiger charge is -2.01. The van der Waals surface area contributed by atoms with Gasteiger partial charge in [0.25, 0.3) is 0 Å². The Labute approximate surface area is 93.7 Å². The predicted molar refractivity (Wildman–Crippen MR) is 60.6 cm³/mol. The molecule has 4 heteroatoms. The predicted octanol–water partition coefficient (Wildman–Crippen LogP) is 1.25. The highest BCUT2D eigenvalue weighted by atomic mass is 16.3.